The number of phenolic OH excluding ortho intramolecular Hbond substituents is 1. The number of aliphatic hydroxyl groups excluding tert-OH is 1. The molecular weight excluding hydrogens is 330 g/mol. The Morgan fingerprint density at radius 2 is 2.08 bits per heavy atom. The van der Waals surface area contributed by atoms with Gasteiger partial charge in [0.25, 0.3) is 0 Å². The van der Waals surface area contributed by atoms with Crippen molar-refractivity contribution in [3.05, 3.63) is 29.3 Å². The smallest absolute Gasteiger partial charge is 0.161 e. The summed E-state index contributed by atoms with van der Waals surface area (Å²) >= 11 is 0. The number of aromatic hydroxyl groups is 1. The number of nitrogens with one attached hydrogen (secondary N) is 1. The number of allylic oxidation sites excluding steroid dienone is 1. The minimum atomic E-state index is -0.208. The fourth-order valence-electron chi connectivity index (χ4n) is 5.64. The van der Waals surface area contributed by atoms with Crippen LogP contribution in [0.15, 0.2) is 18.2 Å². The fourth-order valence-corrected chi connectivity index (χ4v) is 5.64. The van der Waals surface area contributed by atoms with Gasteiger partial charge < -0.3 is 14.9 Å². The Labute approximate surface area is 155 Å². The van der Waals surface area contributed by atoms with Crippen molar-refractivity contribution in [3.8, 4) is 11.5 Å². The number of hydrogen-bond acceptors (Lipinski definition) is 5. The predicted octanol–water partition coefficient (Wildman–Crippen LogP) is 3.57. The second kappa shape index (κ2) is 6.46. The molecule has 2 saturated carbocycles. The van der Waals surface area contributed by atoms with Crippen LogP contribution in [0.4, 0.5) is 0 Å². The van der Waals surface area contributed by atoms with Crippen LogP contribution in [0.25, 0.3) is 5.70 Å². The summed E-state index contributed by atoms with van der Waals surface area (Å²) in [5, 5.41) is 20.9. The van der Waals surface area contributed by atoms with Crippen LogP contribution in [0, 0.1) is 17.3 Å². The van der Waals surface area contributed by atoms with E-state index < -0.39 is 0 Å². The summed E-state index contributed by atoms with van der Waals surface area (Å²) in [6.07, 6.45) is 6.07. The molecule has 1 aromatic rings. The van der Waals surface area contributed by atoms with Gasteiger partial charge in [0.05, 0.1) is 25.5 Å². The van der Waals surface area contributed by atoms with Crippen molar-refractivity contribution in [2.45, 2.75) is 51.6 Å². The highest BCUT2D eigenvalue weighted by Crippen LogP contribution is 2.61. The zero-order chi connectivity index (χ0) is 18.5. The second-order valence-corrected chi connectivity index (χ2v) is 8.15. The lowest BCUT2D eigenvalue weighted by molar-refractivity contribution is -0.00848. The number of hydroxylamine groups is 1. The number of aliphatic hydroxyl groups is 1. The molecule has 5 nitrogen and oxygen atoms in total. The van der Waals surface area contributed by atoms with Gasteiger partial charge in [0.1, 0.15) is 0 Å². The van der Waals surface area contributed by atoms with E-state index in [0.29, 0.717) is 30.1 Å². The van der Waals surface area contributed by atoms with E-state index in [4.69, 9.17) is 9.57 Å². The largest absolute Gasteiger partial charge is 0.504 e. The van der Waals surface area contributed by atoms with Gasteiger partial charge in [0.15, 0.2) is 11.5 Å². The van der Waals surface area contributed by atoms with Crippen molar-refractivity contribution in [2.24, 2.45) is 17.3 Å². The average Bonchev–Trinajstić information content (AvgIpc) is 2.92. The number of ether oxygens (including phenoxy) is 1. The topological polar surface area (TPSA) is 71.0 Å². The van der Waals surface area contributed by atoms with Crippen molar-refractivity contribution < 1.29 is 19.8 Å². The molecule has 5 heteroatoms. The predicted molar refractivity (Wildman–Crippen MR) is 99.7 cm³/mol. The van der Waals surface area contributed by atoms with Crippen LogP contribution < -0.4 is 10.2 Å². The molecule has 3 aliphatic rings. The standard InChI is InChI=1S/C21H29NO4/c1-4-26-19-11-13-12-7-8-21(2)16(5-6-20(21)24)14(12)9-17(22-25-3)15(13)10-18(19)23/h9-12,14,16,20,22-24H,4-8H2,1-3H3/t12-,14-,16+,20+,21+/m1/s1. The van der Waals surface area contributed by atoms with E-state index in [0.717, 1.165) is 36.9 Å². The maximum absolute atomic E-state index is 10.6. The zero-order valence-electron chi connectivity index (χ0n) is 15.8. The molecule has 2 fully saturated rings. The van der Waals surface area contributed by atoms with E-state index in [1.807, 2.05) is 13.0 Å². The summed E-state index contributed by atoms with van der Waals surface area (Å²) in [5.41, 5.74) is 6.08. The third-order valence-electron chi connectivity index (χ3n) is 6.97. The molecule has 0 amide bonds. The number of fused-ring (bicyclic) bond motifs is 5. The molecule has 26 heavy (non-hydrogen) atoms. The molecule has 0 heterocycles. The molecule has 0 spiro atoms. The van der Waals surface area contributed by atoms with Gasteiger partial charge in [0.2, 0.25) is 0 Å². The lowest BCUT2D eigenvalue weighted by Gasteiger charge is -2.49. The fraction of sp³-hybridized carbons (Fsp3) is 0.619. The lowest BCUT2D eigenvalue weighted by atomic mass is 9.56. The van der Waals surface area contributed by atoms with Gasteiger partial charge in [0, 0.05) is 5.56 Å². The van der Waals surface area contributed by atoms with Crippen LogP contribution in [0.3, 0.4) is 0 Å². The Hall–Kier alpha value is -1.72. The molecule has 142 valence electrons. The quantitative estimate of drug-likeness (QED) is 0.717. The molecule has 0 aromatic heterocycles. The highest BCUT2D eigenvalue weighted by Gasteiger charge is 2.54. The van der Waals surface area contributed by atoms with E-state index in [1.54, 1.807) is 13.2 Å². The summed E-state index contributed by atoms with van der Waals surface area (Å²) in [5.74, 6) is 1.90. The maximum Gasteiger partial charge on any atom is 0.161 e. The first-order valence-corrected chi connectivity index (χ1v) is 9.68. The van der Waals surface area contributed by atoms with Gasteiger partial charge in [-0.15, -0.1) is 0 Å². The van der Waals surface area contributed by atoms with Gasteiger partial charge in [-0.2, -0.15) is 0 Å². The van der Waals surface area contributed by atoms with Crippen LogP contribution in [0.5, 0.6) is 11.5 Å². The molecule has 5 atom stereocenters. The molecule has 0 saturated heterocycles. The van der Waals surface area contributed by atoms with Crippen LogP contribution in [-0.2, 0) is 4.84 Å². The van der Waals surface area contributed by atoms with E-state index in [9.17, 15) is 10.2 Å². The minimum absolute atomic E-state index is 0.00693. The van der Waals surface area contributed by atoms with Gasteiger partial charge in [-0.1, -0.05) is 13.0 Å². The van der Waals surface area contributed by atoms with Crippen molar-refractivity contribution in [2.75, 3.05) is 13.7 Å². The Morgan fingerprint density at radius 1 is 1.27 bits per heavy atom. The first-order chi connectivity index (χ1) is 12.5. The van der Waals surface area contributed by atoms with Crippen LogP contribution in [-0.4, -0.2) is 30.0 Å². The summed E-state index contributed by atoms with van der Waals surface area (Å²) in [7, 11) is 1.60. The van der Waals surface area contributed by atoms with Gasteiger partial charge in [-0.05, 0) is 73.5 Å². The summed E-state index contributed by atoms with van der Waals surface area (Å²) in [6, 6.07) is 3.79. The molecule has 0 bridgehead atoms. The van der Waals surface area contributed by atoms with Crippen LogP contribution in [0.2, 0.25) is 0 Å². The first kappa shape index (κ1) is 17.7. The molecule has 0 radical (unpaired) electrons. The van der Waals surface area contributed by atoms with Crippen molar-refractivity contribution in [3.63, 3.8) is 0 Å². The maximum atomic E-state index is 10.6. The molecule has 4 rings (SSSR count). The minimum Gasteiger partial charge on any atom is -0.504 e. The molecule has 3 aliphatic carbocycles. The van der Waals surface area contributed by atoms with Crippen molar-refractivity contribution >= 4 is 5.70 Å². The Kier molecular flexibility index (Phi) is 4.40. The monoisotopic (exact) mass is 359 g/mol. The zero-order valence-corrected chi connectivity index (χ0v) is 15.8. The molecule has 1 aromatic carbocycles. The Morgan fingerprint density at radius 3 is 2.81 bits per heavy atom. The Bertz CT molecular complexity index is 731. The van der Waals surface area contributed by atoms with Crippen LogP contribution >= 0.6 is 0 Å². The molecular formula is C21H29NO4. The SMILES string of the molecule is CCOc1cc2c(cc1O)C(NOC)=C[C@@H]1[C@@H]2CC[C@]2(C)[C@@H](O)CC[C@@H]12. The van der Waals surface area contributed by atoms with E-state index in [-0.39, 0.29) is 17.3 Å². The number of rotatable bonds is 4. The van der Waals surface area contributed by atoms with Gasteiger partial charge >= 0.3 is 0 Å². The van der Waals surface area contributed by atoms with Crippen molar-refractivity contribution in [1.82, 2.24) is 5.48 Å². The van der Waals surface area contributed by atoms with Crippen molar-refractivity contribution in [1.29, 1.82) is 0 Å². The summed E-state index contributed by atoms with van der Waals surface area (Å²) in [4.78, 5) is 5.21. The summed E-state index contributed by atoms with van der Waals surface area (Å²) in [6.45, 7) is 4.69. The highest BCUT2D eigenvalue weighted by molar-refractivity contribution is 5.72. The third kappa shape index (κ3) is 2.52. The average molecular weight is 359 g/mol. The number of hydrogen-bond donors (Lipinski definition) is 3. The normalized spacial score (nSPS) is 35.2. The highest BCUT2D eigenvalue weighted by atomic mass is 16.6. The van der Waals surface area contributed by atoms with E-state index in [2.05, 4.69) is 18.5 Å². The van der Waals surface area contributed by atoms with Gasteiger partial charge in [-0.3, -0.25) is 10.3 Å². The first-order valence-electron chi connectivity index (χ1n) is 9.68. The molecule has 0 aliphatic heterocycles. The van der Waals surface area contributed by atoms with Gasteiger partial charge in [-0.25, -0.2) is 0 Å². The molecule has 3 N–H and O–H groups in total. The van der Waals surface area contributed by atoms with Crippen LogP contribution in [0.1, 0.15) is 56.6 Å². The molecule has 0 unspecified atom stereocenters. The third-order valence-corrected chi connectivity index (χ3v) is 6.97. The van der Waals surface area contributed by atoms with E-state index in [1.165, 1.54) is 5.56 Å². The number of benzene rings is 1. The summed E-state index contributed by atoms with van der Waals surface area (Å²) < 4.78 is 5.64. The number of phenols is 1. The second-order valence-electron chi connectivity index (χ2n) is 8.15. The Balaban J connectivity index is 1.80. The van der Waals surface area contributed by atoms with E-state index >= 15 is 0 Å². The lowest BCUT2D eigenvalue weighted by Crippen LogP contribution is -2.43.